The Morgan fingerprint density at radius 3 is 2.30 bits per heavy atom. The van der Waals surface area contributed by atoms with E-state index in [1.165, 1.54) is 0 Å². The molecule has 0 rings (SSSR count). The van der Waals surface area contributed by atoms with Crippen LogP contribution in [0.25, 0.3) is 0 Å². The van der Waals surface area contributed by atoms with Crippen LogP contribution in [0.1, 0.15) is 0 Å². The summed E-state index contributed by atoms with van der Waals surface area (Å²) in [6, 6.07) is 0. The first-order valence-corrected chi connectivity index (χ1v) is 2.77. The number of carbonyl (C=O) groups excluding carboxylic acids is 1. The summed E-state index contributed by atoms with van der Waals surface area (Å²) in [5, 5.41) is 0. The fraction of sp³-hybridized carbons (Fsp3) is 0.750. The molecule has 0 saturated heterocycles. The molecule has 0 aliphatic carbocycles. The zero-order valence-electron chi connectivity index (χ0n) is 4.74. The van der Waals surface area contributed by atoms with Crippen molar-refractivity contribution in [2.24, 2.45) is 0 Å². The van der Waals surface area contributed by atoms with Crippen molar-refractivity contribution in [2.45, 2.75) is 6.18 Å². The molecule has 0 aromatic heterocycles. The van der Waals surface area contributed by atoms with Crippen molar-refractivity contribution in [1.82, 2.24) is 0 Å². The van der Waals surface area contributed by atoms with E-state index in [4.69, 9.17) is 11.6 Å². The predicted octanol–water partition coefficient (Wildman–Crippen LogP) is 1.33. The molecular formula is C4H4ClF3O2. The Balaban J connectivity index is 3.46. The van der Waals surface area contributed by atoms with E-state index < -0.39 is 24.6 Å². The Morgan fingerprint density at radius 2 is 2.00 bits per heavy atom. The molecule has 0 aliphatic rings. The van der Waals surface area contributed by atoms with E-state index in [2.05, 4.69) is 4.74 Å². The lowest BCUT2D eigenvalue weighted by Gasteiger charge is -2.05. The van der Waals surface area contributed by atoms with Gasteiger partial charge in [-0.1, -0.05) is 0 Å². The minimum Gasteiger partial charge on any atom is -0.455 e. The van der Waals surface area contributed by atoms with Crippen molar-refractivity contribution < 1.29 is 22.7 Å². The van der Waals surface area contributed by atoms with Gasteiger partial charge in [0.2, 0.25) is 0 Å². The van der Waals surface area contributed by atoms with Gasteiger partial charge < -0.3 is 4.74 Å². The van der Waals surface area contributed by atoms with Crippen molar-refractivity contribution in [3.05, 3.63) is 0 Å². The van der Waals surface area contributed by atoms with Crippen LogP contribution in [0.4, 0.5) is 13.2 Å². The number of rotatable bonds is 2. The Labute approximate surface area is 59.9 Å². The molecule has 0 heterocycles. The first-order valence-electron chi connectivity index (χ1n) is 2.24. The molecule has 0 aromatic carbocycles. The van der Waals surface area contributed by atoms with Crippen molar-refractivity contribution >= 4 is 17.6 Å². The molecule has 0 N–H and O–H groups in total. The van der Waals surface area contributed by atoms with Crippen LogP contribution in [0, 0.1) is 0 Å². The topological polar surface area (TPSA) is 26.3 Å². The number of alkyl halides is 4. The maximum absolute atomic E-state index is 11.2. The van der Waals surface area contributed by atoms with E-state index in [0.29, 0.717) is 0 Å². The SMILES string of the molecule is O=C(CCl)OCC(F)(F)F. The Bertz CT molecular complexity index is 122. The summed E-state index contributed by atoms with van der Waals surface area (Å²) in [4.78, 5) is 10.0. The summed E-state index contributed by atoms with van der Waals surface area (Å²) in [5.74, 6) is -1.63. The molecule has 60 valence electrons. The van der Waals surface area contributed by atoms with Gasteiger partial charge in [0.15, 0.2) is 6.61 Å². The number of hydrogen-bond acceptors (Lipinski definition) is 2. The van der Waals surface area contributed by atoms with E-state index in [9.17, 15) is 18.0 Å². The van der Waals surface area contributed by atoms with Gasteiger partial charge >= 0.3 is 12.1 Å². The van der Waals surface area contributed by atoms with Gasteiger partial charge in [-0.25, -0.2) is 0 Å². The summed E-state index contributed by atoms with van der Waals surface area (Å²) < 4.78 is 37.4. The van der Waals surface area contributed by atoms with Crippen LogP contribution >= 0.6 is 11.6 Å². The lowest BCUT2D eigenvalue weighted by molar-refractivity contribution is -0.184. The fourth-order valence-corrected chi connectivity index (χ4v) is 0.278. The number of halogens is 4. The van der Waals surface area contributed by atoms with Crippen molar-refractivity contribution in [3.63, 3.8) is 0 Å². The quantitative estimate of drug-likeness (QED) is 0.469. The second-order valence-corrected chi connectivity index (χ2v) is 1.68. The average molecular weight is 177 g/mol. The molecule has 0 amide bonds. The van der Waals surface area contributed by atoms with E-state index in [1.54, 1.807) is 0 Å². The van der Waals surface area contributed by atoms with Gasteiger partial charge in [0.05, 0.1) is 0 Å². The molecule has 0 aromatic rings. The summed E-state index contributed by atoms with van der Waals surface area (Å²) in [6.45, 7) is -1.57. The van der Waals surface area contributed by atoms with Gasteiger partial charge in [0, 0.05) is 0 Å². The molecule has 2 nitrogen and oxygen atoms in total. The first kappa shape index (κ1) is 9.55. The third-order valence-electron chi connectivity index (χ3n) is 0.506. The van der Waals surface area contributed by atoms with Crippen LogP contribution in [0.3, 0.4) is 0 Å². The van der Waals surface area contributed by atoms with Gasteiger partial charge in [-0.15, -0.1) is 11.6 Å². The van der Waals surface area contributed by atoms with Crippen LogP contribution in [0.15, 0.2) is 0 Å². The molecular weight excluding hydrogens is 172 g/mol. The lowest BCUT2D eigenvalue weighted by atomic mass is 10.7. The van der Waals surface area contributed by atoms with E-state index in [1.807, 2.05) is 0 Å². The van der Waals surface area contributed by atoms with Crippen LogP contribution in [0.2, 0.25) is 0 Å². The second kappa shape index (κ2) is 3.65. The molecule has 0 unspecified atom stereocenters. The molecule has 10 heavy (non-hydrogen) atoms. The van der Waals surface area contributed by atoms with E-state index in [0.717, 1.165) is 0 Å². The standard InChI is InChI=1S/C4H4ClF3O2/c5-1-3(9)10-2-4(6,7)8/h1-2H2. The predicted molar refractivity (Wildman–Crippen MR) is 27.7 cm³/mol. The smallest absolute Gasteiger partial charge is 0.422 e. The zero-order valence-corrected chi connectivity index (χ0v) is 5.50. The molecule has 0 fully saturated rings. The number of carbonyl (C=O) groups is 1. The summed E-state index contributed by atoms with van der Waals surface area (Å²) in [6.07, 6.45) is -4.47. The van der Waals surface area contributed by atoms with E-state index >= 15 is 0 Å². The van der Waals surface area contributed by atoms with Crippen LogP contribution < -0.4 is 0 Å². The Kier molecular flexibility index (Phi) is 3.49. The van der Waals surface area contributed by atoms with Gasteiger partial charge in [0.1, 0.15) is 5.88 Å². The highest BCUT2D eigenvalue weighted by Gasteiger charge is 2.29. The Hall–Kier alpha value is -0.450. The van der Waals surface area contributed by atoms with Crippen LogP contribution in [0.5, 0.6) is 0 Å². The molecule has 0 aliphatic heterocycles. The first-order chi connectivity index (χ1) is 4.45. The number of hydrogen-bond donors (Lipinski definition) is 0. The van der Waals surface area contributed by atoms with Gasteiger partial charge in [-0.05, 0) is 0 Å². The fourth-order valence-electron chi connectivity index (χ4n) is 0.201. The lowest BCUT2D eigenvalue weighted by Crippen LogP contribution is -2.20. The van der Waals surface area contributed by atoms with Crippen molar-refractivity contribution in [1.29, 1.82) is 0 Å². The second-order valence-electron chi connectivity index (χ2n) is 1.41. The average Bonchev–Trinajstić information content (AvgIpc) is 1.81. The molecule has 0 atom stereocenters. The zero-order chi connectivity index (χ0) is 8.20. The summed E-state index contributed by atoms with van der Waals surface area (Å²) in [5.41, 5.74) is 0. The molecule has 0 radical (unpaired) electrons. The van der Waals surface area contributed by atoms with Gasteiger partial charge in [-0.3, -0.25) is 4.79 Å². The maximum atomic E-state index is 11.2. The normalized spacial score (nSPS) is 11.2. The van der Waals surface area contributed by atoms with E-state index in [-0.39, 0.29) is 0 Å². The van der Waals surface area contributed by atoms with Gasteiger partial charge in [-0.2, -0.15) is 13.2 Å². The highest BCUT2D eigenvalue weighted by molar-refractivity contribution is 6.26. The van der Waals surface area contributed by atoms with Crippen LogP contribution in [-0.4, -0.2) is 24.6 Å². The van der Waals surface area contributed by atoms with Crippen LogP contribution in [-0.2, 0) is 9.53 Å². The number of ether oxygens (including phenoxy) is 1. The minimum atomic E-state index is -4.47. The van der Waals surface area contributed by atoms with Crippen molar-refractivity contribution in [2.75, 3.05) is 12.5 Å². The molecule has 0 bridgehead atoms. The third-order valence-corrected chi connectivity index (χ3v) is 0.724. The minimum absolute atomic E-state index is 0.559. The molecule has 6 heteroatoms. The highest BCUT2D eigenvalue weighted by Crippen LogP contribution is 2.14. The van der Waals surface area contributed by atoms with Gasteiger partial charge in [0.25, 0.3) is 0 Å². The molecule has 0 saturated carbocycles. The maximum Gasteiger partial charge on any atom is 0.422 e. The van der Waals surface area contributed by atoms with Crippen molar-refractivity contribution in [3.8, 4) is 0 Å². The largest absolute Gasteiger partial charge is 0.455 e. The highest BCUT2D eigenvalue weighted by atomic mass is 35.5. The third kappa shape index (κ3) is 5.68. The summed E-state index contributed by atoms with van der Waals surface area (Å²) >= 11 is 4.84. The number of esters is 1. The Morgan fingerprint density at radius 1 is 1.50 bits per heavy atom. The summed E-state index contributed by atoms with van der Waals surface area (Å²) in [7, 11) is 0. The molecule has 0 spiro atoms. The monoisotopic (exact) mass is 176 g/mol.